The summed E-state index contributed by atoms with van der Waals surface area (Å²) in [4.78, 5) is 17.7. The molecule has 0 spiro atoms. The zero-order chi connectivity index (χ0) is 21.1. The lowest BCUT2D eigenvalue weighted by atomic mass is 10.0. The van der Waals surface area contributed by atoms with E-state index in [0.29, 0.717) is 13.1 Å². The molecule has 4 rings (SSSR count). The van der Waals surface area contributed by atoms with Crippen molar-refractivity contribution in [3.05, 3.63) is 71.8 Å². The molecular formula is C21H23N5O3S. The normalized spacial score (nSPS) is 13.8. The van der Waals surface area contributed by atoms with Gasteiger partial charge in [-0.05, 0) is 47.7 Å². The second kappa shape index (κ2) is 8.37. The molecule has 0 bridgehead atoms. The summed E-state index contributed by atoms with van der Waals surface area (Å²) >= 11 is 0. The van der Waals surface area contributed by atoms with E-state index in [1.54, 1.807) is 34.1 Å². The monoisotopic (exact) mass is 425 g/mol. The van der Waals surface area contributed by atoms with Crippen molar-refractivity contribution in [2.24, 2.45) is 0 Å². The first-order valence-corrected chi connectivity index (χ1v) is 11.2. The van der Waals surface area contributed by atoms with Gasteiger partial charge in [0.15, 0.2) is 0 Å². The average Bonchev–Trinajstić information content (AvgIpc) is 3.25. The molecule has 0 atom stereocenters. The molecule has 8 nitrogen and oxygen atoms in total. The van der Waals surface area contributed by atoms with Crippen LogP contribution in [0.3, 0.4) is 0 Å². The minimum atomic E-state index is -3.70. The van der Waals surface area contributed by atoms with Gasteiger partial charge < -0.3 is 4.90 Å². The Kier molecular flexibility index (Phi) is 5.65. The van der Waals surface area contributed by atoms with Crippen molar-refractivity contribution in [2.75, 3.05) is 11.4 Å². The van der Waals surface area contributed by atoms with E-state index in [9.17, 15) is 13.2 Å². The van der Waals surface area contributed by atoms with Crippen LogP contribution in [0.4, 0.5) is 5.69 Å². The van der Waals surface area contributed by atoms with Crippen LogP contribution in [0.25, 0.3) is 0 Å². The molecule has 1 aromatic heterocycles. The van der Waals surface area contributed by atoms with Gasteiger partial charge in [0.25, 0.3) is 0 Å². The number of nitrogens with zero attached hydrogens (tertiary/aromatic N) is 4. The molecule has 0 radical (unpaired) electrons. The summed E-state index contributed by atoms with van der Waals surface area (Å²) in [7, 11) is -3.70. The molecule has 2 aromatic carbocycles. The summed E-state index contributed by atoms with van der Waals surface area (Å²) in [5, 5.41) is 4.11. The smallest absolute Gasteiger partial charge is 0.240 e. The highest BCUT2D eigenvalue weighted by Crippen LogP contribution is 2.29. The molecule has 1 N–H and O–H groups in total. The second-order valence-electron chi connectivity index (χ2n) is 7.25. The van der Waals surface area contributed by atoms with Gasteiger partial charge in [0.1, 0.15) is 12.7 Å². The van der Waals surface area contributed by atoms with Gasteiger partial charge in [0, 0.05) is 25.7 Å². The number of aromatic nitrogens is 3. The maximum Gasteiger partial charge on any atom is 0.240 e. The van der Waals surface area contributed by atoms with Gasteiger partial charge in [0.05, 0.1) is 11.4 Å². The first-order valence-electron chi connectivity index (χ1n) is 9.74. The third kappa shape index (κ3) is 4.27. The number of anilines is 1. The molecule has 1 amide bonds. The van der Waals surface area contributed by atoms with Crippen molar-refractivity contribution in [3.8, 4) is 0 Å². The Morgan fingerprint density at radius 2 is 1.97 bits per heavy atom. The molecule has 30 heavy (non-hydrogen) atoms. The number of amides is 1. The molecule has 9 heteroatoms. The molecule has 156 valence electrons. The number of aryl methyl sites for hydroxylation is 1. The van der Waals surface area contributed by atoms with Crippen LogP contribution in [0.1, 0.15) is 30.0 Å². The Morgan fingerprint density at radius 3 is 2.70 bits per heavy atom. The zero-order valence-electron chi connectivity index (χ0n) is 16.7. The van der Waals surface area contributed by atoms with Crippen LogP contribution in [-0.4, -0.2) is 35.6 Å². The van der Waals surface area contributed by atoms with Crippen LogP contribution in [0.15, 0.2) is 60.0 Å². The average molecular weight is 426 g/mol. The van der Waals surface area contributed by atoms with Gasteiger partial charge >= 0.3 is 0 Å². The molecular weight excluding hydrogens is 402 g/mol. The summed E-state index contributed by atoms with van der Waals surface area (Å²) in [6.07, 6.45) is 4.66. The van der Waals surface area contributed by atoms with Crippen LogP contribution in [0.2, 0.25) is 0 Å². The van der Waals surface area contributed by atoms with E-state index in [4.69, 9.17) is 0 Å². The van der Waals surface area contributed by atoms with E-state index in [2.05, 4.69) is 14.8 Å². The summed E-state index contributed by atoms with van der Waals surface area (Å²) in [5.41, 5.74) is 3.52. The molecule has 1 aliphatic heterocycles. The van der Waals surface area contributed by atoms with Crippen molar-refractivity contribution in [1.82, 2.24) is 19.5 Å². The maximum atomic E-state index is 12.9. The minimum Gasteiger partial charge on any atom is -0.312 e. The highest BCUT2D eigenvalue weighted by molar-refractivity contribution is 7.89. The quantitative estimate of drug-likeness (QED) is 0.652. The lowest BCUT2D eigenvalue weighted by molar-refractivity contribution is -0.116. The van der Waals surface area contributed by atoms with Gasteiger partial charge in [-0.1, -0.05) is 24.3 Å². The molecule has 0 fully saturated rings. The van der Waals surface area contributed by atoms with E-state index in [-0.39, 0.29) is 17.3 Å². The molecule has 2 heterocycles. The molecule has 3 aromatic rings. The Hall–Kier alpha value is -3.04. The molecule has 0 saturated carbocycles. The second-order valence-corrected chi connectivity index (χ2v) is 9.02. The maximum absolute atomic E-state index is 12.9. The predicted molar refractivity (Wildman–Crippen MR) is 112 cm³/mol. The van der Waals surface area contributed by atoms with Gasteiger partial charge in [-0.2, -0.15) is 5.10 Å². The SMILES string of the molecule is CC(=O)N1CCCc2cc(S(=O)(=O)NCc3ccccc3Cn3cncn3)ccc21. The first kappa shape index (κ1) is 20.2. The number of sulfonamides is 1. The molecule has 0 aliphatic carbocycles. The highest BCUT2D eigenvalue weighted by Gasteiger charge is 2.23. The fourth-order valence-electron chi connectivity index (χ4n) is 3.70. The summed E-state index contributed by atoms with van der Waals surface area (Å²) < 4.78 is 30.2. The number of carbonyl (C=O) groups excluding carboxylic acids is 1. The predicted octanol–water partition coefficient (Wildman–Crippen LogP) is 2.10. The van der Waals surface area contributed by atoms with Crippen molar-refractivity contribution in [3.63, 3.8) is 0 Å². The number of carbonyl (C=O) groups is 1. The van der Waals surface area contributed by atoms with Crippen molar-refractivity contribution in [1.29, 1.82) is 0 Å². The number of fused-ring (bicyclic) bond motifs is 1. The van der Waals surface area contributed by atoms with Crippen LogP contribution in [-0.2, 0) is 34.3 Å². The topological polar surface area (TPSA) is 97.2 Å². The van der Waals surface area contributed by atoms with Crippen molar-refractivity contribution < 1.29 is 13.2 Å². The van der Waals surface area contributed by atoms with Gasteiger partial charge in [-0.15, -0.1) is 0 Å². The molecule has 0 saturated heterocycles. The minimum absolute atomic E-state index is 0.0336. The largest absolute Gasteiger partial charge is 0.312 e. The van der Waals surface area contributed by atoms with Gasteiger partial charge in [0.2, 0.25) is 15.9 Å². The van der Waals surface area contributed by atoms with Crippen LogP contribution >= 0.6 is 0 Å². The third-order valence-electron chi connectivity index (χ3n) is 5.23. The first-order chi connectivity index (χ1) is 14.4. The zero-order valence-corrected chi connectivity index (χ0v) is 17.5. The van der Waals surface area contributed by atoms with E-state index >= 15 is 0 Å². The highest BCUT2D eigenvalue weighted by atomic mass is 32.2. The van der Waals surface area contributed by atoms with Crippen molar-refractivity contribution >= 4 is 21.6 Å². The van der Waals surface area contributed by atoms with Crippen LogP contribution in [0.5, 0.6) is 0 Å². The Bertz CT molecular complexity index is 1160. The lowest BCUT2D eigenvalue weighted by Crippen LogP contribution is -2.33. The summed E-state index contributed by atoms with van der Waals surface area (Å²) in [5.74, 6) is -0.0336. The summed E-state index contributed by atoms with van der Waals surface area (Å²) in [6.45, 7) is 2.87. The van der Waals surface area contributed by atoms with E-state index in [1.165, 1.54) is 13.3 Å². The third-order valence-corrected chi connectivity index (χ3v) is 6.63. The number of hydrogen-bond donors (Lipinski definition) is 1. The van der Waals surface area contributed by atoms with Gasteiger partial charge in [-0.3, -0.25) is 4.79 Å². The fourth-order valence-corrected chi connectivity index (χ4v) is 4.75. The molecule has 1 aliphatic rings. The number of benzene rings is 2. The van der Waals surface area contributed by atoms with Crippen molar-refractivity contribution in [2.45, 2.75) is 37.8 Å². The lowest BCUT2D eigenvalue weighted by Gasteiger charge is -2.28. The fraction of sp³-hybridized carbons (Fsp3) is 0.286. The van der Waals surface area contributed by atoms with Gasteiger partial charge in [-0.25, -0.2) is 22.8 Å². The Balaban J connectivity index is 1.53. The van der Waals surface area contributed by atoms with Crippen LogP contribution < -0.4 is 9.62 Å². The summed E-state index contributed by atoms with van der Waals surface area (Å²) in [6, 6.07) is 12.6. The number of rotatable bonds is 6. The van der Waals surface area contributed by atoms with Crippen LogP contribution in [0, 0.1) is 0 Å². The van der Waals surface area contributed by atoms with E-state index in [1.807, 2.05) is 24.3 Å². The number of hydrogen-bond acceptors (Lipinski definition) is 5. The van der Waals surface area contributed by atoms with E-state index in [0.717, 1.165) is 35.2 Å². The van der Waals surface area contributed by atoms with E-state index < -0.39 is 10.0 Å². The standard InChI is InChI=1S/C21H23N5O3S/c1-16(27)26-10-4-7-17-11-20(8-9-21(17)26)30(28,29)24-12-18-5-2-3-6-19(18)13-25-15-22-14-23-25/h2-3,5-6,8-9,11,14-15,24H,4,7,10,12-13H2,1H3. The Morgan fingerprint density at radius 1 is 1.17 bits per heavy atom. The Labute approximate surface area is 175 Å². The molecule has 0 unspecified atom stereocenters. The number of nitrogens with one attached hydrogen (secondary N) is 1.